The van der Waals surface area contributed by atoms with Crippen molar-refractivity contribution in [3.63, 3.8) is 0 Å². The zero-order chi connectivity index (χ0) is 16.1. The van der Waals surface area contributed by atoms with E-state index in [1.165, 1.54) is 57.5 Å². The normalized spacial score (nSPS) is 17.3. The van der Waals surface area contributed by atoms with Crippen LogP contribution in [0.2, 0.25) is 0 Å². The van der Waals surface area contributed by atoms with Crippen molar-refractivity contribution in [2.24, 2.45) is 0 Å². The van der Waals surface area contributed by atoms with Crippen LogP contribution in [0.25, 0.3) is 32.7 Å². The molecule has 0 fully saturated rings. The Morgan fingerprint density at radius 2 is 2.00 bits per heavy atom. The van der Waals surface area contributed by atoms with Crippen molar-refractivity contribution in [2.45, 2.75) is 32.1 Å². The number of hydrogen-bond acceptors (Lipinski definition) is 1. The molecule has 1 heterocycles. The van der Waals surface area contributed by atoms with E-state index in [9.17, 15) is 0 Å². The molecule has 4 aromatic rings. The van der Waals surface area contributed by atoms with Crippen LogP contribution >= 0.6 is 0 Å². The molecule has 1 unspecified atom stereocenters. The van der Waals surface area contributed by atoms with Gasteiger partial charge < -0.3 is 0 Å². The molecule has 0 radical (unpaired) electrons. The van der Waals surface area contributed by atoms with E-state index in [-0.39, 0.29) is 0 Å². The van der Waals surface area contributed by atoms with Gasteiger partial charge in [0.05, 0.1) is 6.20 Å². The molecule has 1 N–H and O–H groups in total. The summed E-state index contributed by atoms with van der Waals surface area (Å²) in [6, 6.07) is 15.8. The van der Waals surface area contributed by atoms with E-state index in [4.69, 9.17) is 0 Å². The predicted molar refractivity (Wildman–Crippen MR) is 100 cm³/mol. The first-order chi connectivity index (χ1) is 11.8. The molecule has 5 rings (SSSR count). The summed E-state index contributed by atoms with van der Waals surface area (Å²) in [4.78, 5) is 0. The number of aromatic amines is 1. The highest BCUT2D eigenvalue weighted by Gasteiger charge is 2.21. The molecule has 24 heavy (non-hydrogen) atoms. The minimum Gasteiger partial charge on any atom is -0.285 e. The summed E-state index contributed by atoms with van der Waals surface area (Å²) < 4.78 is 0. The van der Waals surface area contributed by atoms with Gasteiger partial charge in [0.25, 0.3) is 0 Å². The SMILES string of the molecule is CC1CCCc2c1ccc1c2c(-c2cn[nH]c2)cc2ccccc21. The summed E-state index contributed by atoms with van der Waals surface area (Å²) in [7, 11) is 0. The van der Waals surface area contributed by atoms with Gasteiger partial charge in [0, 0.05) is 11.8 Å². The summed E-state index contributed by atoms with van der Waals surface area (Å²) in [5, 5.41) is 12.6. The van der Waals surface area contributed by atoms with Gasteiger partial charge in [-0.25, -0.2) is 0 Å². The number of fused-ring (bicyclic) bond motifs is 5. The summed E-state index contributed by atoms with van der Waals surface area (Å²) in [5.74, 6) is 0.654. The van der Waals surface area contributed by atoms with Gasteiger partial charge in [-0.3, -0.25) is 5.10 Å². The highest BCUT2D eigenvalue weighted by Crippen LogP contribution is 2.42. The lowest BCUT2D eigenvalue weighted by Crippen LogP contribution is -2.08. The Balaban J connectivity index is 1.99. The lowest BCUT2D eigenvalue weighted by Gasteiger charge is -2.25. The van der Waals surface area contributed by atoms with Crippen LogP contribution in [-0.4, -0.2) is 10.2 Å². The van der Waals surface area contributed by atoms with Crippen molar-refractivity contribution in [3.05, 3.63) is 66.0 Å². The predicted octanol–water partition coefficient (Wildman–Crippen LogP) is 5.82. The van der Waals surface area contributed by atoms with Crippen molar-refractivity contribution in [1.82, 2.24) is 10.2 Å². The van der Waals surface area contributed by atoms with Gasteiger partial charge in [0.2, 0.25) is 0 Å². The second-order valence-electron chi connectivity index (χ2n) is 6.98. The first-order valence-electron chi connectivity index (χ1n) is 8.79. The first kappa shape index (κ1) is 13.8. The maximum absolute atomic E-state index is 4.19. The van der Waals surface area contributed by atoms with E-state index in [0.717, 1.165) is 0 Å². The van der Waals surface area contributed by atoms with E-state index in [0.29, 0.717) is 5.92 Å². The van der Waals surface area contributed by atoms with Crippen LogP contribution in [0.3, 0.4) is 0 Å². The molecule has 1 aliphatic rings. The van der Waals surface area contributed by atoms with Gasteiger partial charge in [-0.2, -0.15) is 5.10 Å². The number of benzene rings is 3. The summed E-state index contributed by atoms with van der Waals surface area (Å²) >= 11 is 0. The summed E-state index contributed by atoms with van der Waals surface area (Å²) in [6.07, 6.45) is 7.71. The number of aromatic nitrogens is 2. The number of hydrogen-bond donors (Lipinski definition) is 1. The van der Waals surface area contributed by atoms with E-state index < -0.39 is 0 Å². The van der Waals surface area contributed by atoms with E-state index >= 15 is 0 Å². The van der Waals surface area contributed by atoms with Gasteiger partial charge >= 0.3 is 0 Å². The van der Waals surface area contributed by atoms with Crippen molar-refractivity contribution in [2.75, 3.05) is 0 Å². The maximum atomic E-state index is 4.19. The standard InChI is InChI=1S/C22H20N2/c1-14-5-4-8-19-17(14)9-10-20-18-7-3-2-6-15(18)11-21(22(19)20)16-12-23-24-13-16/h2-3,6-7,9-14H,4-5,8H2,1H3,(H,23,24). The molecule has 1 aliphatic carbocycles. The fraction of sp³-hybridized carbons (Fsp3) is 0.227. The third-order valence-corrected chi connectivity index (χ3v) is 5.57. The number of H-pyrrole nitrogens is 1. The summed E-state index contributed by atoms with van der Waals surface area (Å²) in [5.41, 5.74) is 5.57. The molecule has 0 aliphatic heterocycles. The number of aryl methyl sites for hydroxylation is 1. The molecule has 0 saturated carbocycles. The van der Waals surface area contributed by atoms with Crippen molar-refractivity contribution in [1.29, 1.82) is 0 Å². The van der Waals surface area contributed by atoms with Gasteiger partial charge in [-0.1, -0.05) is 43.3 Å². The van der Waals surface area contributed by atoms with Crippen molar-refractivity contribution in [3.8, 4) is 11.1 Å². The van der Waals surface area contributed by atoms with E-state index in [1.807, 2.05) is 12.4 Å². The van der Waals surface area contributed by atoms with Crippen molar-refractivity contribution < 1.29 is 0 Å². The zero-order valence-electron chi connectivity index (χ0n) is 13.8. The van der Waals surface area contributed by atoms with Crippen LogP contribution in [0.4, 0.5) is 0 Å². The second-order valence-corrected chi connectivity index (χ2v) is 6.98. The molecule has 2 nitrogen and oxygen atoms in total. The molecular formula is C22H20N2. The lowest BCUT2D eigenvalue weighted by atomic mass is 9.79. The van der Waals surface area contributed by atoms with Crippen molar-refractivity contribution >= 4 is 21.5 Å². The molecule has 118 valence electrons. The number of nitrogens with one attached hydrogen (secondary N) is 1. The molecule has 1 aromatic heterocycles. The average molecular weight is 312 g/mol. The maximum Gasteiger partial charge on any atom is 0.0566 e. The monoisotopic (exact) mass is 312 g/mol. The Morgan fingerprint density at radius 1 is 1.08 bits per heavy atom. The minimum absolute atomic E-state index is 0.654. The molecular weight excluding hydrogens is 292 g/mol. The number of rotatable bonds is 1. The molecule has 3 aromatic carbocycles. The quantitative estimate of drug-likeness (QED) is 0.441. The Hall–Kier alpha value is -2.61. The van der Waals surface area contributed by atoms with E-state index in [1.54, 1.807) is 5.56 Å². The zero-order valence-corrected chi connectivity index (χ0v) is 13.8. The van der Waals surface area contributed by atoms with E-state index in [2.05, 4.69) is 59.6 Å². The Labute approximate surface area is 141 Å². The molecule has 0 amide bonds. The summed E-state index contributed by atoms with van der Waals surface area (Å²) in [6.45, 7) is 2.36. The molecule has 2 heteroatoms. The fourth-order valence-corrected chi connectivity index (χ4v) is 4.39. The molecule has 0 spiro atoms. The highest BCUT2D eigenvalue weighted by atomic mass is 15.1. The topological polar surface area (TPSA) is 28.7 Å². The van der Waals surface area contributed by atoms with Gasteiger partial charge in [-0.05, 0) is 69.5 Å². The van der Waals surface area contributed by atoms with Crippen LogP contribution in [0.5, 0.6) is 0 Å². The van der Waals surface area contributed by atoms with Gasteiger partial charge in [0.15, 0.2) is 0 Å². The third-order valence-electron chi connectivity index (χ3n) is 5.57. The molecule has 0 bridgehead atoms. The highest BCUT2D eigenvalue weighted by molar-refractivity contribution is 6.15. The van der Waals surface area contributed by atoms with Crippen LogP contribution < -0.4 is 0 Å². The fourth-order valence-electron chi connectivity index (χ4n) is 4.39. The lowest BCUT2D eigenvalue weighted by molar-refractivity contribution is 0.593. The Bertz CT molecular complexity index is 1040. The minimum atomic E-state index is 0.654. The smallest absolute Gasteiger partial charge is 0.0566 e. The van der Waals surface area contributed by atoms with Crippen LogP contribution in [0.15, 0.2) is 54.9 Å². The number of nitrogens with zero attached hydrogens (tertiary/aromatic N) is 1. The van der Waals surface area contributed by atoms with Gasteiger partial charge in [0.1, 0.15) is 0 Å². The Morgan fingerprint density at radius 3 is 2.88 bits per heavy atom. The van der Waals surface area contributed by atoms with Crippen LogP contribution in [0, 0.1) is 0 Å². The van der Waals surface area contributed by atoms with Crippen LogP contribution in [0.1, 0.15) is 36.8 Å². The average Bonchev–Trinajstić information content (AvgIpc) is 3.15. The molecule has 1 atom stereocenters. The van der Waals surface area contributed by atoms with Gasteiger partial charge in [-0.15, -0.1) is 0 Å². The third kappa shape index (κ3) is 1.92. The largest absolute Gasteiger partial charge is 0.285 e. The first-order valence-corrected chi connectivity index (χ1v) is 8.79. The Kier molecular flexibility index (Phi) is 2.99. The molecule has 0 saturated heterocycles. The van der Waals surface area contributed by atoms with Crippen LogP contribution in [-0.2, 0) is 6.42 Å². The second kappa shape index (κ2) is 5.20.